The number of likely N-dealkylation sites (N-methyl/N-ethyl adjacent to an activating group) is 1. The lowest BCUT2D eigenvalue weighted by Crippen LogP contribution is -2.32. The number of aromatic amines is 1. The van der Waals surface area contributed by atoms with Gasteiger partial charge in [0.15, 0.2) is 12.4 Å². The molecule has 9 heteroatoms. The number of hydrogen-bond donors (Lipinski definition) is 3. The van der Waals surface area contributed by atoms with E-state index < -0.39 is 0 Å². The number of nitrogens with one attached hydrogen (secondary N) is 3. The third-order valence-corrected chi connectivity index (χ3v) is 6.74. The Kier molecular flexibility index (Phi) is 8.17. The topological polar surface area (TPSA) is 108 Å². The van der Waals surface area contributed by atoms with Gasteiger partial charge in [-0.2, -0.15) is 5.10 Å². The number of benzene rings is 2. The molecular weight excluding hydrogens is 490 g/mol. The molecule has 0 fully saturated rings. The van der Waals surface area contributed by atoms with Crippen molar-refractivity contribution in [1.82, 2.24) is 30.4 Å². The second kappa shape index (κ2) is 12.1. The van der Waals surface area contributed by atoms with Crippen molar-refractivity contribution < 1.29 is 9.53 Å². The number of carbonyl (C=O) groups excluding carboxylic acids is 1. The number of aromatic nitrogens is 4. The van der Waals surface area contributed by atoms with Gasteiger partial charge in [0.25, 0.3) is 5.91 Å². The summed E-state index contributed by atoms with van der Waals surface area (Å²) in [5, 5.41) is 13.3. The Morgan fingerprint density at radius 2 is 1.95 bits per heavy atom. The Morgan fingerprint density at radius 1 is 1.10 bits per heavy atom. The summed E-state index contributed by atoms with van der Waals surface area (Å²) < 4.78 is 5.77. The summed E-state index contributed by atoms with van der Waals surface area (Å²) in [6.45, 7) is 9.63. The van der Waals surface area contributed by atoms with E-state index in [0.717, 1.165) is 65.5 Å². The molecule has 3 heterocycles. The second-order valence-corrected chi connectivity index (χ2v) is 10.1. The Balaban J connectivity index is 1.39. The molecule has 3 N–H and O–H groups in total. The fraction of sp³-hybridized carbons (Fsp3) is 0.333. The van der Waals surface area contributed by atoms with E-state index in [1.807, 2.05) is 36.7 Å². The van der Waals surface area contributed by atoms with E-state index in [4.69, 9.17) is 14.7 Å². The maximum absolute atomic E-state index is 12.1. The lowest BCUT2D eigenvalue weighted by Gasteiger charge is -2.28. The lowest BCUT2D eigenvalue weighted by atomic mass is 10.0. The van der Waals surface area contributed by atoms with E-state index in [1.165, 1.54) is 0 Å². The summed E-state index contributed by atoms with van der Waals surface area (Å²) in [6, 6.07) is 15.8. The molecule has 0 atom stereocenters. The van der Waals surface area contributed by atoms with Gasteiger partial charge in [-0.05, 0) is 42.3 Å². The van der Waals surface area contributed by atoms with Gasteiger partial charge >= 0.3 is 0 Å². The van der Waals surface area contributed by atoms with Crippen molar-refractivity contribution in [2.24, 2.45) is 5.92 Å². The van der Waals surface area contributed by atoms with Gasteiger partial charge in [-0.15, -0.1) is 0 Å². The fourth-order valence-electron chi connectivity index (χ4n) is 4.51. The number of anilines is 2. The first-order chi connectivity index (χ1) is 19.0. The number of H-pyrrole nitrogens is 1. The molecule has 0 saturated heterocycles. The molecule has 0 bridgehead atoms. The molecule has 1 aliphatic rings. The third kappa shape index (κ3) is 6.61. The first kappa shape index (κ1) is 26.4. The van der Waals surface area contributed by atoms with E-state index >= 15 is 0 Å². The zero-order chi connectivity index (χ0) is 27.2. The molecule has 0 unspecified atom stereocenters. The minimum atomic E-state index is -0.134. The molecule has 4 aromatic rings. The van der Waals surface area contributed by atoms with Crippen molar-refractivity contribution in [2.45, 2.75) is 33.7 Å². The number of carbonyl (C=O) groups is 1. The maximum Gasteiger partial charge on any atom is 0.257 e. The number of ether oxygens (including phenoxy) is 1. The maximum atomic E-state index is 12.1. The summed E-state index contributed by atoms with van der Waals surface area (Å²) in [5.74, 6) is 2.30. The van der Waals surface area contributed by atoms with Crippen LogP contribution in [0.5, 0.6) is 5.75 Å². The molecule has 0 aliphatic carbocycles. The zero-order valence-corrected chi connectivity index (χ0v) is 22.7. The quantitative estimate of drug-likeness (QED) is 0.273. The zero-order valence-electron chi connectivity index (χ0n) is 22.7. The van der Waals surface area contributed by atoms with Crippen molar-refractivity contribution in [1.29, 1.82) is 0 Å². The van der Waals surface area contributed by atoms with Crippen molar-refractivity contribution in [3.63, 3.8) is 0 Å². The van der Waals surface area contributed by atoms with Crippen LogP contribution in [0.25, 0.3) is 22.5 Å². The summed E-state index contributed by atoms with van der Waals surface area (Å²) in [4.78, 5) is 24.5. The van der Waals surface area contributed by atoms with Crippen LogP contribution in [0.4, 0.5) is 11.5 Å². The molecule has 0 saturated carbocycles. The molecule has 2 aromatic carbocycles. The number of rotatable bonds is 10. The largest absolute Gasteiger partial charge is 0.484 e. The van der Waals surface area contributed by atoms with Crippen LogP contribution < -0.4 is 15.4 Å². The first-order valence-corrected chi connectivity index (χ1v) is 13.5. The second-order valence-electron chi connectivity index (χ2n) is 10.1. The minimum absolute atomic E-state index is 0.0321. The van der Waals surface area contributed by atoms with Crippen LogP contribution in [0.2, 0.25) is 0 Å². The van der Waals surface area contributed by atoms with Crippen LogP contribution in [0, 0.1) is 5.92 Å². The lowest BCUT2D eigenvalue weighted by molar-refractivity contribution is -0.123. The van der Waals surface area contributed by atoms with Gasteiger partial charge in [0.05, 0.1) is 11.9 Å². The van der Waals surface area contributed by atoms with Crippen LogP contribution in [0.3, 0.4) is 0 Å². The van der Waals surface area contributed by atoms with Crippen molar-refractivity contribution in [3.8, 4) is 28.3 Å². The smallest absolute Gasteiger partial charge is 0.257 e. The monoisotopic (exact) mass is 525 g/mol. The van der Waals surface area contributed by atoms with Crippen LogP contribution >= 0.6 is 0 Å². The molecule has 0 radical (unpaired) electrons. The van der Waals surface area contributed by atoms with Crippen LogP contribution in [0.15, 0.2) is 60.9 Å². The van der Waals surface area contributed by atoms with Crippen LogP contribution in [0.1, 0.15) is 32.0 Å². The predicted molar refractivity (Wildman–Crippen MR) is 153 cm³/mol. The highest BCUT2D eigenvalue weighted by atomic mass is 16.5. The van der Waals surface area contributed by atoms with E-state index in [2.05, 4.69) is 70.8 Å². The summed E-state index contributed by atoms with van der Waals surface area (Å²) >= 11 is 0. The van der Waals surface area contributed by atoms with Gasteiger partial charge in [-0.25, -0.2) is 9.97 Å². The summed E-state index contributed by atoms with van der Waals surface area (Å²) in [7, 11) is 0. The number of fused-ring (bicyclic) bond motifs is 1. The highest BCUT2D eigenvalue weighted by Crippen LogP contribution is 2.31. The van der Waals surface area contributed by atoms with Crippen molar-refractivity contribution in [3.05, 3.63) is 72.2 Å². The third-order valence-electron chi connectivity index (χ3n) is 6.74. The van der Waals surface area contributed by atoms with Gasteiger partial charge in [-0.3, -0.25) is 14.8 Å². The van der Waals surface area contributed by atoms with Crippen LogP contribution in [-0.4, -0.2) is 57.2 Å². The SMILES string of the molecule is CCN1CCc2nc(-c3cccc(OCC(=O)NCC(C)C)c3)nc(Nc3ccc(-c4cn[nH]c4)cc3)c2C1. The molecule has 5 rings (SSSR count). The van der Waals surface area contributed by atoms with Gasteiger partial charge in [0.1, 0.15) is 11.6 Å². The Hall–Kier alpha value is -4.24. The number of nitrogens with zero attached hydrogens (tertiary/aromatic N) is 4. The highest BCUT2D eigenvalue weighted by Gasteiger charge is 2.22. The Bertz CT molecular complexity index is 1400. The van der Waals surface area contributed by atoms with Crippen molar-refractivity contribution in [2.75, 3.05) is 31.6 Å². The van der Waals surface area contributed by atoms with Gasteiger partial charge in [0.2, 0.25) is 0 Å². The Morgan fingerprint density at radius 3 is 2.69 bits per heavy atom. The molecular formula is C30H35N7O2. The van der Waals surface area contributed by atoms with E-state index in [1.54, 1.807) is 0 Å². The standard InChI is InChI=1S/C30H35N7O2/c1-4-37-13-12-27-26(18-37)30(34-24-10-8-21(9-11-24)23-16-32-33-17-23)36-29(35-27)22-6-5-7-25(14-22)39-19-28(38)31-15-20(2)3/h5-11,14,16-17,20H,4,12-13,15,18-19H2,1-3H3,(H,31,38)(H,32,33)(H,34,35,36). The average Bonchev–Trinajstić information content (AvgIpc) is 3.50. The predicted octanol–water partition coefficient (Wildman–Crippen LogP) is 4.81. The van der Waals surface area contributed by atoms with E-state index in [-0.39, 0.29) is 12.5 Å². The van der Waals surface area contributed by atoms with Crippen molar-refractivity contribution >= 4 is 17.4 Å². The minimum Gasteiger partial charge on any atom is -0.484 e. The Labute approximate surface area is 229 Å². The highest BCUT2D eigenvalue weighted by molar-refractivity contribution is 5.77. The van der Waals surface area contributed by atoms with E-state index in [0.29, 0.717) is 24.0 Å². The normalized spacial score (nSPS) is 13.2. The molecule has 2 aromatic heterocycles. The number of amides is 1. The molecule has 39 heavy (non-hydrogen) atoms. The fourth-order valence-corrected chi connectivity index (χ4v) is 4.51. The molecule has 0 spiro atoms. The average molecular weight is 526 g/mol. The summed E-state index contributed by atoms with van der Waals surface area (Å²) in [6.07, 6.45) is 4.55. The molecule has 9 nitrogen and oxygen atoms in total. The molecule has 202 valence electrons. The van der Waals surface area contributed by atoms with E-state index in [9.17, 15) is 4.79 Å². The van der Waals surface area contributed by atoms with Gasteiger partial charge < -0.3 is 15.4 Å². The summed E-state index contributed by atoms with van der Waals surface area (Å²) in [5.41, 5.74) is 6.11. The number of hydrogen-bond acceptors (Lipinski definition) is 7. The van der Waals surface area contributed by atoms with Gasteiger partial charge in [-0.1, -0.05) is 45.0 Å². The van der Waals surface area contributed by atoms with Crippen LogP contribution in [-0.2, 0) is 17.8 Å². The molecule has 1 aliphatic heterocycles. The molecule has 1 amide bonds. The first-order valence-electron chi connectivity index (χ1n) is 13.5. The van der Waals surface area contributed by atoms with Gasteiger partial charge in [0, 0.05) is 54.6 Å².